The van der Waals surface area contributed by atoms with Gasteiger partial charge in [0.15, 0.2) is 0 Å². The molecule has 1 N–H and O–H groups in total. The molecular formula is C9H14N2O4S. The van der Waals surface area contributed by atoms with Gasteiger partial charge in [-0.2, -0.15) is 0 Å². The molecule has 2 atom stereocenters. The number of urea groups is 1. The highest BCUT2D eigenvalue weighted by Crippen LogP contribution is 2.09. The van der Waals surface area contributed by atoms with Gasteiger partial charge in [-0.05, 0) is 6.92 Å². The maximum Gasteiger partial charge on any atom is 0.330 e. The van der Waals surface area contributed by atoms with Gasteiger partial charge in [0.05, 0.1) is 0 Å². The van der Waals surface area contributed by atoms with E-state index in [9.17, 15) is 18.6 Å². The van der Waals surface area contributed by atoms with Crippen LogP contribution in [0.5, 0.6) is 0 Å². The molecule has 1 aliphatic heterocycles. The van der Waals surface area contributed by atoms with Gasteiger partial charge in [-0.3, -0.25) is 24.0 Å². The minimum absolute atomic E-state index is 0.0860. The Balaban J connectivity index is 2.65. The van der Waals surface area contributed by atoms with Gasteiger partial charge in [0.2, 0.25) is 11.8 Å². The van der Waals surface area contributed by atoms with Crippen LogP contribution in [0.1, 0.15) is 13.8 Å². The fourth-order valence-corrected chi connectivity index (χ4v) is 1.95. The Hall–Kier alpha value is -1.24. The fraction of sp³-hybridized carbons (Fsp3) is 0.667. The standard InChI is InChI=1S/C9H14N2O4S/c1-3-16(15)5-4-11-8(13)6(2)7(12)10-9(11)14/h6H,3-5H2,1-2H3,(H,10,12,14). The van der Waals surface area contributed by atoms with Crippen molar-refractivity contribution in [2.75, 3.05) is 18.1 Å². The van der Waals surface area contributed by atoms with E-state index in [2.05, 4.69) is 5.32 Å². The molecule has 16 heavy (non-hydrogen) atoms. The number of nitrogens with zero attached hydrogens (tertiary/aromatic N) is 1. The summed E-state index contributed by atoms with van der Waals surface area (Å²) in [4.78, 5) is 35.0. The summed E-state index contributed by atoms with van der Waals surface area (Å²) in [5.41, 5.74) is 0. The van der Waals surface area contributed by atoms with Crippen molar-refractivity contribution in [3.05, 3.63) is 0 Å². The molecule has 90 valence electrons. The minimum Gasteiger partial charge on any atom is -0.277 e. The molecular weight excluding hydrogens is 232 g/mol. The zero-order valence-corrected chi connectivity index (χ0v) is 10.0. The van der Waals surface area contributed by atoms with E-state index in [-0.39, 0.29) is 12.3 Å². The first-order chi connectivity index (χ1) is 7.47. The van der Waals surface area contributed by atoms with Crippen LogP contribution in [0.15, 0.2) is 0 Å². The predicted molar refractivity (Wildman–Crippen MR) is 58.0 cm³/mol. The van der Waals surface area contributed by atoms with Gasteiger partial charge in [-0.1, -0.05) is 6.92 Å². The minimum atomic E-state index is -1.04. The summed E-state index contributed by atoms with van der Waals surface area (Å²) >= 11 is 0. The van der Waals surface area contributed by atoms with E-state index in [4.69, 9.17) is 0 Å². The molecule has 4 amide bonds. The molecule has 7 heteroatoms. The Morgan fingerprint density at radius 1 is 1.38 bits per heavy atom. The van der Waals surface area contributed by atoms with Crippen molar-refractivity contribution < 1.29 is 18.6 Å². The smallest absolute Gasteiger partial charge is 0.277 e. The number of amides is 4. The largest absolute Gasteiger partial charge is 0.330 e. The lowest BCUT2D eigenvalue weighted by Gasteiger charge is -2.28. The van der Waals surface area contributed by atoms with Crippen LogP contribution in [-0.4, -0.2) is 45.0 Å². The average Bonchev–Trinajstić information content (AvgIpc) is 2.25. The molecule has 0 aromatic heterocycles. The monoisotopic (exact) mass is 246 g/mol. The molecule has 0 spiro atoms. The van der Waals surface area contributed by atoms with Crippen molar-refractivity contribution in [1.29, 1.82) is 0 Å². The molecule has 0 aromatic carbocycles. The second kappa shape index (κ2) is 5.20. The summed E-state index contributed by atoms with van der Waals surface area (Å²) in [7, 11) is -1.04. The summed E-state index contributed by atoms with van der Waals surface area (Å²) in [6, 6.07) is -0.721. The summed E-state index contributed by atoms with van der Waals surface area (Å²) < 4.78 is 11.2. The molecule has 1 aliphatic rings. The second-order valence-electron chi connectivity index (χ2n) is 3.44. The molecule has 6 nitrogen and oxygen atoms in total. The number of barbiturate groups is 1. The number of carbonyl (C=O) groups excluding carboxylic acids is 3. The highest BCUT2D eigenvalue weighted by molar-refractivity contribution is 7.84. The van der Waals surface area contributed by atoms with E-state index in [1.807, 2.05) is 0 Å². The van der Waals surface area contributed by atoms with Gasteiger partial charge >= 0.3 is 6.03 Å². The highest BCUT2D eigenvalue weighted by atomic mass is 32.2. The zero-order chi connectivity index (χ0) is 12.3. The third kappa shape index (κ3) is 2.66. The summed E-state index contributed by atoms with van der Waals surface area (Å²) in [6.07, 6.45) is 0. The fourth-order valence-electron chi connectivity index (χ4n) is 1.28. The van der Waals surface area contributed by atoms with Crippen LogP contribution >= 0.6 is 0 Å². The third-order valence-electron chi connectivity index (χ3n) is 2.37. The second-order valence-corrected chi connectivity index (χ2v) is 5.30. The van der Waals surface area contributed by atoms with E-state index in [1.165, 1.54) is 6.92 Å². The van der Waals surface area contributed by atoms with E-state index >= 15 is 0 Å². The average molecular weight is 246 g/mol. The normalized spacial score (nSPS) is 23.2. The molecule has 1 fully saturated rings. The number of hydrogen-bond donors (Lipinski definition) is 1. The van der Waals surface area contributed by atoms with Crippen LogP contribution in [0.2, 0.25) is 0 Å². The summed E-state index contributed by atoms with van der Waals surface area (Å²) in [6.45, 7) is 3.29. The lowest BCUT2D eigenvalue weighted by atomic mass is 10.1. The Kier molecular flexibility index (Phi) is 4.17. The number of hydrogen-bond acceptors (Lipinski definition) is 4. The quantitative estimate of drug-likeness (QED) is 0.676. The highest BCUT2D eigenvalue weighted by Gasteiger charge is 2.37. The van der Waals surface area contributed by atoms with Gasteiger partial charge in [-0.15, -0.1) is 0 Å². The number of imide groups is 2. The SMILES string of the molecule is CCS(=O)CCN1C(=O)NC(=O)C(C)C1=O. The van der Waals surface area contributed by atoms with Crippen molar-refractivity contribution in [3.63, 3.8) is 0 Å². The Morgan fingerprint density at radius 2 is 2.00 bits per heavy atom. The summed E-state index contributed by atoms with van der Waals surface area (Å²) in [5, 5.41) is 2.08. The molecule has 2 unspecified atom stereocenters. The molecule has 1 saturated heterocycles. The van der Waals surface area contributed by atoms with Crippen molar-refractivity contribution in [2.45, 2.75) is 13.8 Å². The van der Waals surface area contributed by atoms with Crippen LogP contribution in [0.4, 0.5) is 4.79 Å². The molecule has 0 radical (unpaired) electrons. The summed E-state index contributed by atoms with van der Waals surface area (Å²) in [5.74, 6) is -1.23. The third-order valence-corrected chi connectivity index (χ3v) is 3.65. The van der Waals surface area contributed by atoms with Crippen LogP contribution < -0.4 is 5.32 Å². The van der Waals surface area contributed by atoms with Crippen LogP contribution in [0, 0.1) is 5.92 Å². The topological polar surface area (TPSA) is 83.6 Å². The Labute approximate surface area is 95.8 Å². The Morgan fingerprint density at radius 3 is 2.56 bits per heavy atom. The van der Waals surface area contributed by atoms with Crippen molar-refractivity contribution >= 4 is 28.6 Å². The van der Waals surface area contributed by atoms with Crippen molar-refractivity contribution in [1.82, 2.24) is 10.2 Å². The zero-order valence-electron chi connectivity index (χ0n) is 9.19. The van der Waals surface area contributed by atoms with Gasteiger partial charge in [-0.25, -0.2) is 4.79 Å². The first kappa shape index (κ1) is 12.8. The molecule has 1 rings (SSSR count). The van der Waals surface area contributed by atoms with E-state index in [1.54, 1.807) is 6.92 Å². The molecule has 0 bridgehead atoms. The molecule has 0 aliphatic carbocycles. The molecule has 1 heterocycles. The first-order valence-electron chi connectivity index (χ1n) is 4.98. The first-order valence-corrected chi connectivity index (χ1v) is 6.47. The number of carbonyl (C=O) groups is 3. The van der Waals surface area contributed by atoms with Crippen LogP contribution in [0.25, 0.3) is 0 Å². The predicted octanol–water partition coefficient (Wildman–Crippen LogP) is -0.530. The number of rotatable bonds is 4. The van der Waals surface area contributed by atoms with Crippen LogP contribution in [0.3, 0.4) is 0 Å². The lowest BCUT2D eigenvalue weighted by Crippen LogP contribution is -2.57. The molecule has 0 aromatic rings. The molecule has 0 saturated carbocycles. The van der Waals surface area contributed by atoms with Gasteiger partial charge < -0.3 is 0 Å². The maximum atomic E-state index is 11.6. The lowest BCUT2D eigenvalue weighted by molar-refractivity contribution is -0.141. The van der Waals surface area contributed by atoms with E-state index < -0.39 is 34.6 Å². The van der Waals surface area contributed by atoms with Crippen molar-refractivity contribution in [3.8, 4) is 0 Å². The van der Waals surface area contributed by atoms with Gasteiger partial charge in [0, 0.05) is 28.9 Å². The van der Waals surface area contributed by atoms with Crippen molar-refractivity contribution in [2.24, 2.45) is 5.92 Å². The number of nitrogens with one attached hydrogen (secondary N) is 1. The maximum absolute atomic E-state index is 11.6. The van der Waals surface area contributed by atoms with E-state index in [0.717, 1.165) is 4.90 Å². The van der Waals surface area contributed by atoms with Crippen LogP contribution in [-0.2, 0) is 20.4 Å². The van der Waals surface area contributed by atoms with Gasteiger partial charge in [0.1, 0.15) is 5.92 Å². The Bertz CT molecular complexity index is 355. The van der Waals surface area contributed by atoms with E-state index in [0.29, 0.717) is 5.75 Å². The van der Waals surface area contributed by atoms with Gasteiger partial charge in [0.25, 0.3) is 0 Å².